The summed E-state index contributed by atoms with van der Waals surface area (Å²) in [5.41, 5.74) is -0.0783. The Balaban J connectivity index is 2.44. The number of rotatable bonds is 3. The number of pyridine rings is 1. The Kier molecular flexibility index (Phi) is 4.29. The molecule has 7 heteroatoms. The van der Waals surface area contributed by atoms with E-state index in [1.165, 1.54) is 12.3 Å². The van der Waals surface area contributed by atoms with Crippen molar-refractivity contribution in [1.29, 1.82) is 0 Å². The highest BCUT2D eigenvalue weighted by molar-refractivity contribution is 9.10. The van der Waals surface area contributed by atoms with Gasteiger partial charge in [-0.2, -0.15) is 0 Å². The van der Waals surface area contributed by atoms with Crippen LogP contribution in [-0.4, -0.2) is 16.1 Å². The van der Waals surface area contributed by atoms with Gasteiger partial charge in [-0.1, -0.05) is 29.3 Å². The Morgan fingerprint density at radius 1 is 1.37 bits per heavy atom. The molecular weight excluding hydrogens is 357 g/mol. The van der Waals surface area contributed by atoms with Crippen LogP contribution < -0.4 is 4.74 Å². The fourth-order valence-electron chi connectivity index (χ4n) is 1.33. The van der Waals surface area contributed by atoms with E-state index in [0.717, 1.165) is 0 Å². The Morgan fingerprint density at radius 3 is 2.79 bits per heavy atom. The van der Waals surface area contributed by atoms with Gasteiger partial charge in [0.25, 0.3) is 0 Å². The lowest BCUT2D eigenvalue weighted by molar-refractivity contribution is 0.0693. The molecule has 0 aliphatic rings. The van der Waals surface area contributed by atoms with Gasteiger partial charge in [-0.05, 0) is 34.1 Å². The quantitative estimate of drug-likeness (QED) is 0.863. The zero-order chi connectivity index (χ0) is 14.0. The van der Waals surface area contributed by atoms with Gasteiger partial charge in [-0.25, -0.2) is 9.78 Å². The number of hydrogen-bond donors (Lipinski definition) is 1. The summed E-state index contributed by atoms with van der Waals surface area (Å²) in [5.74, 6) is -0.965. The van der Waals surface area contributed by atoms with Crippen LogP contribution >= 0.6 is 39.1 Å². The molecule has 2 aromatic rings. The van der Waals surface area contributed by atoms with E-state index in [9.17, 15) is 4.79 Å². The third-order valence-electron chi connectivity index (χ3n) is 2.17. The second-order valence-corrected chi connectivity index (χ2v) is 5.17. The molecule has 0 unspecified atom stereocenters. The van der Waals surface area contributed by atoms with Crippen LogP contribution in [0.1, 0.15) is 10.4 Å². The van der Waals surface area contributed by atoms with Gasteiger partial charge in [0.2, 0.25) is 5.88 Å². The van der Waals surface area contributed by atoms with E-state index in [1.807, 2.05) is 0 Å². The number of aromatic carboxylic acids is 1. The number of hydrogen-bond acceptors (Lipinski definition) is 3. The van der Waals surface area contributed by atoms with Gasteiger partial charge in [0.05, 0.1) is 5.02 Å². The summed E-state index contributed by atoms with van der Waals surface area (Å²) >= 11 is 15.0. The number of ether oxygens (including phenoxy) is 1. The lowest BCUT2D eigenvalue weighted by Gasteiger charge is -2.09. The number of carboxylic acid groups (broad SMARTS) is 1. The molecule has 0 amide bonds. The zero-order valence-electron chi connectivity index (χ0n) is 9.23. The number of benzene rings is 1. The molecule has 1 N–H and O–H groups in total. The largest absolute Gasteiger partial charge is 0.477 e. The van der Waals surface area contributed by atoms with Crippen LogP contribution in [0.3, 0.4) is 0 Å². The second kappa shape index (κ2) is 5.77. The summed E-state index contributed by atoms with van der Waals surface area (Å²) in [6.07, 6.45) is 1.43. The molecule has 0 aliphatic carbocycles. The van der Waals surface area contributed by atoms with E-state index in [-0.39, 0.29) is 22.2 Å². The number of carboxylic acids is 1. The predicted octanol–water partition coefficient (Wildman–Crippen LogP) is 4.64. The second-order valence-electron chi connectivity index (χ2n) is 3.47. The number of carbonyl (C=O) groups is 1. The third-order valence-corrected chi connectivity index (χ3v) is 3.41. The highest BCUT2D eigenvalue weighted by Gasteiger charge is 2.16. The van der Waals surface area contributed by atoms with E-state index in [2.05, 4.69) is 20.9 Å². The summed E-state index contributed by atoms with van der Waals surface area (Å²) in [4.78, 5) is 15.0. The van der Waals surface area contributed by atoms with Gasteiger partial charge < -0.3 is 9.84 Å². The molecule has 1 heterocycles. The summed E-state index contributed by atoms with van der Waals surface area (Å²) in [7, 11) is 0. The number of halogens is 3. The van der Waals surface area contributed by atoms with Gasteiger partial charge in [-0.15, -0.1) is 0 Å². The molecule has 0 aliphatic heterocycles. The maximum absolute atomic E-state index is 11.1. The first-order chi connectivity index (χ1) is 8.99. The van der Waals surface area contributed by atoms with Crippen LogP contribution in [0.25, 0.3) is 0 Å². The van der Waals surface area contributed by atoms with Crippen molar-refractivity contribution in [2.24, 2.45) is 0 Å². The summed E-state index contributed by atoms with van der Waals surface area (Å²) in [6.45, 7) is 0. The Hall–Kier alpha value is -1.30. The maximum atomic E-state index is 11.1. The fourth-order valence-corrected chi connectivity index (χ4v) is 1.99. The highest BCUT2D eigenvalue weighted by atomic mass is 79.9. The topological polar surface area (TPSA) is 59.4 Å². The molecule has 0 saturated heterocycles. The van der Waals surface area contributed by atoms with Crippen LogP contribution in [0.2, 0.25) is 10.0 Å². The molecule has 0 atom stereocenters. The van der Waals surface area contributed by atoms with E-state index >= 15 is 0 Å². The molecule has 0 radical (unpaired) electrons. The van der Waals surface area contributed by atoms with Crippen LogP contribution in [0.15, 0.2) is 34.9 Å². The van der Waals surface area contributed by atoms with Crippen molar-refractivity contribution < 1.29 is 14.6 Å². The lowest BCUT2D eigenvalue weighted by Crippen LogP contribution is -2.02. The SMILES string of the molecule is O=C(O)c1cc(Br)cnc1Oc1cccc(Cl)c1Cl. The van der Waals surface area contributed by atoms with Crippen LogP contribution in [0, 0.1) is 0 Å². The molecule has 0 bridgehead atoms. The van der Waals surface area contributed by atoms with Gasteiger partial charge >= 0.3 is 5.97 Å². The molecular formula is C12H6BrCl2NO3. The van der Waals surface area contributed by atoms with E-state index in [1.54, 1.807) is 18.2 Å². The summed E-state index contributed by atoms with van der Waals surface area (Å²) in [6, 6.07) is 6.21. The molecule has 0 spiro atoms. The van der Waals surface area contributed by atoms with Crippen molar-refractivity contribution in [2.45, 2.75) is 0 Å². The molecule has 1 aromatic carbocycles. The highest BCUT2D eigenvalue weighted by Crippen LogP contribution is 2.35. The van der Waals surface area contributed by atoms with E-state index in [0.29, 0.717) is 9.50 Å². The minimum atomic E-state index is -1.15. The van der Waals surface area contributed by atoms with Crippen LogP contribution in [0.5, 0.6) is 11.6 Å². The molecule has 1 aromatic heterocycles. The molecule has 2 rings (SSSR count). The smallest absolute Gasteiger partial charge is 0.341 e. The third kappa shape index (κ3) is 3.18. The van der Waals surface area contributed by atoms with Crippen molar-refractivity contribution in [2.75, 3.05) is 0 Å². The Morgan fingerprint density at radius 2 is 2.11 bits per heavy atom. The molecule has 0 saturated carbocycles. The first-order valence-corrected chi connectivity index (χ1v) is 6.54. The van der Waals surface area contributed by atoms with Gasteiger partial charge in [0.15, 0.2) is 0 Å². The van der Waals surface area contributed by atoms with Crippen LogP contribution in [-0.2, 0) is 0 Å². The molecule has 0 fully saturated rings. The summed E-state index contributed by atoms with van der Waals surface area (Å²) in [5, 5.41) is 9.60. The van der Waals surface area contributed by atoms with Crippen molar-refractivity contribution >= 4 is 45.1 Å². The van der Waals surface area contributed by atoms with Crippen molar-refractivity contribution in [3.63, 3.8) is 0 Å². The first-order valence-electron chi connectivity index (χ1n) is 4.99. The maximum Gasteiger partial charge on any atom is 0.341 e. The Labute approximate surface area is 127 Å². The zero-order valence-corrected chi connectivity index (χ0v) is 12.3. The molecule has 4 nitrogen and oxygen atoms in total. The number of aromatic nitrogens is 1. The minimum absolute atomic E-state index is 0.0557. The van der Waals surface area contributed by atoms with Crippen molar-refractivity contribution in [3.05, 3.63) is 50.5 Å². The number of nitrogens with zero attached hydrogens (tertiary/aromatic N) is 1. The standard InChI is InChI=1S/C12H6BrCl2NO3/c13-6-4-7(12(17)18)11(16-5-6)19-9-3-1-2-8(14)10(9)15/h1-5H,(H,17,18). The van der Waals surface area contributed by atoms with E-state index in [4.69, 9.17) is 33.0 Å². The van der Waals surface area contributed by atoms with Gasteiger partial charge in [0.1, 0.15) is 16.3 Å². The van der Waals surface area contributed by atoms with Crippen molar-refractivity contribution in [3.8, 4) is 11.6 Å². The van der Waals surface area contributed by atoms with Crippen LogP contribution in [0.4, 0.5) is 0 Å². The molecule has 98 valence electrons. The van der Waals surface area contributed by atoms with Gasteiger partial charge in [-0.3, -0.25) is 0 Å². The Bertz CT molecular complexity index is 649. The van der Waals surface area contributed by atoms with Gasteiger partial charge in [0, 0.05) is 10.7 Å². The van der Waals surface area contributed by atoms with E-state index < -0.39 is 5.97 Å². The fraction of sp³-hybridized carbons (Fsp3) is 0. The summed E-state index contributed by atoms with van der Waals surface area (Å²) < 4.78 is 5.94. The minimum Gasteiger partial charge on any atom is -0.477 e. The first kappa shape index (κ1) is 14.1. The molecule has 19 heavy (non-hydrogen) atoms. The average molecular weight is 363 g/mol. The van der Waals surface area contributed by atoms with Crippen molar-refractivity contribution in [1.82, 2.24) is 4.98 Å². The lowest BCUT2D eigenvalue weighted by atomic mass is 10.3. The monoisotopic (exact) mass is 361 g/mol. The predicted molar refractivity (Wildman–Crippen MR) is 75.4 cm³/mol. The average Bonchev–Trinajstić information content (AvgIpc) is 2.36. The normalized spacial score (nSPS) is 10.3.